The highest BCUT2D eigenvalue weighted by atomic mass is 14.3. The summed E-state index contributed by atoms with van der Waals surface area (Å²) in [4.78, 5) is 0. The normalized spacial score (nSPS) is 20.9. The molecule has 4 rings (SSSR count). The molecule has 2 aromatic rings. The lowest BCUT2D eigenvalue weighted by Crippen LogP contribution is -2.14. The van der Waals surface area contributed by atoms with Gasteiger partial charge in [-0.3, -0.25) is 0 Å². The monoisotopic (exact) mass is 260 g/mol. The molecule has 20 heavy (non-hydrogen) atoms. The molecule has 2 aromatic carbocycles. The average Bonchev–Trinajstić information content (AvgIpc) is 2.53. The molecule has 1 unspecified atom stereocenters. The summed E-state index contributed by atoms with van der Waals surface area (Å²) in [6.45, 7) is 2.32. The number of allylic oxidation sites excluding steroid dienone is 4. The van der Waals surface area contributed by atoms with Crippen LogP contribution in [-0.4, -0.2) is 0 Å². The lowest BCUT2D eigenvalue weighted by molar-refractivity contribution is 0.569. The summed E-state index contributed by atoms with van der Waals surface area (Å²) < 4.78 is 0. The maximum atomic E-state index is 2.37. The Morgan fingerprint density at radius 3 is 2.85 bits per heavy atom. The first kappa shape index (κ1) is 12.0. The van der Waals surface area contributed by atoms with Gasteiger partial charge < -0.3 is 0 Å². The zero-order chi connectivity index (χ0) is 13.5. The van der Waals surface area contributed by atoms with Crippen LogP contribution in [0.1, 0.15) is 37.3 Å². The van der Waals surface area contributed by atoms with Crippen molar-refractivity contribution in [3.63, 3.8) is 0 Å². The molecule has 0 amide bonds. The molecule has 0 fully saturated rings. The van der Waals surface area contributed by atoms with Crippen molar-refractivity contribution >= 4 is 16.3 Å². The van der Waals surface area contributed by atoms with Gasteiger partial charge >= 0.3 is 0 Å². The van der Waals surface area contributed by atoms with Gasteiger partial charge in [-0.25, -0.2) is 0 Å². The van der Waals surface area contributed by atoms with Crippen LogP contribution < -0.4 is 0 Å². The molecule has 2 aliphatic rings. The van der Waals surface area contributed by atoms with Gasteiger partial charge in [0, 0.05) is 0 Å². The third kappa shape index (κ3) is 1.67. The van der Waals surface area contributed by atoms with E-state index >= 15 is 0 Å². The van der Waals surface area contributed by atoms with Crippen LogP contribution in [0.15, 0.2) is 54.1 Å². The first-order valence-corrected chi connectivity index (χ1v) is 7.79. The number of aryl methyl sites for hydroxylation is 1. The smallest absolute Gasteiger partial charge is 0.0146 e. The van der Waals surface area contributed by atoms with Gasteiger partial charge in [-0.2, -0.15) is 0 Å². The zero-order valence-electron chi connectivity index (χ0n) is 12.0. The molecule has 0 N–H and O–H groups in total. The standard InChI is InChI=1S/C20H20/c1-2-14-7-5-9-18-17(14)12-13-19-16-8-4-3-6-15(16)10-11-20(18)19/h3-6,8-11,14H,2,7,12-13H2,1H3. The highest BCUT2D eigenvalue weighted by Crippen LogP contribution is 2.42. The Morgan fingerprint density at radius 1 is 1.05 bits per heavy atom. The number of benzene rings is 2. The number of hydrogen-bond donors (Lipinski definition) is 0. The molecule has 0 spiro atoms. The Morgan fingerprint density at radius 2 is 1.95 bits per heavy atom. The molecule has 2 aliphatic carbocycles. The lowest BCUT2D eigenvalue weighted by atomic mass is 9.74. The van der Waals surface area contributed by atoms with E-state index in [0.29, 0.717) is 0 Å². The maximum Gasteiger partial charge on any atom is -0.0146 e. The maximum absolute atomic E-state index is 2.37. The van der Waals surface area contributed by atoms with Gasteiger partial charge in [0.15, 0.2) is 0 Å². The summed E-state index contributed by atoms with van der Waals surface area (Å²) in [6, 6.07) is 13.4. The minimum absolute atomic E-state index is 0.773. The molecule has 0 aliphatic heterocycles. The van der Waals surface area contributed by atoms with Crippen LogP contribution in [0.25, 0.3) is 16.3 Å². The van der Waals surface area contributed by atoms with E-state index in [0.717, 1.165) is 5.92 Å². The van der Waals surface area contributed by atoms with Crippen LogP contribution in [0.5, 0.6) is 0 Å². The van der Waals surface area contributed by atoms with Gasteiger partial charge in [-0.1, -0.05) is 61.0 Å². The highest BCUT2D eigenvalue weighted by Gasteiger charge is 2.25. The highest BCUT2D eigenvalue weighted by molar-refractivity contribution is 5.93. The van der Waals surface area contributed by atoms with E-state index in [1.165, 1.54) is 47.6 Å². The van der Waals surface area contributed by atoms with Crippen molar-refractivity contribution in [2.45, 2.75) is 32.6 Å². The van der Waals surface area contributed by atoms with Gasteiger partial charge in [-0.05, 0) is 59.1 Å². The van der Waals surface area contributed by atoms with Crippen LogP contribution in [-0.2, 0) is 6.42 Å². The largest absolute Gasteiger partial charge is 0.0833 e. The van der Waals surface area contributed by atoms with Crippen molar-refractivity contribution in [3.05, 3.63) is 65.3 Å². The minimum Gasteiger partial charge on any atom is -0.0833 e. The van der Waals surface area contributed by atoms with Crippen LogP contribution in [0.4, 0.5) is 0 Å². The van der Waals surface area contributed by atoms with Crippen molar-refractivity contribution in [2.75, 3.05) is 0 Å². The first-order valence-electron chi connectivity index (χ1n) is 7.79. The van der Waals surface area contributed by atoms with E-state index in [1.807, 2.05) is 0 Å². The fourth-order valence-corrected chi connectivity index (χ4v) is 3.95. The molecule has 1 atom stereocenters. The van der Waals surface area contributed by atoms with E-state index in [-0.39, 0.29) is 0 Å². The third-order valence-corrected chi connectivity index (χ3v) is 5.01. The van der Waals surface area contributed by atoms with E-state index in [1.54, 1.807) is 11.1 Å². The summed E-state index contributed by atoms with van der Waals surface area (Å²) in [5.41, 5.74) is 6.27. The molecule has 0 saturated carbocycles. The lowest BCUT2D eigenvalue weighted by Gasteiger charge is -2.30. The summed E-state index contributed by atoms with van der Waals surface area (Å²) in [5.74, 6) is 0.773. The topological polar surface area (TPSA) is 0 Å². The van der Waals surface area contributed by atoms with E-state index in [2.05, 4.69) is 55.5 Å². The Hall–Kier alpha value is -1.82. The Bertz CT molecular complexity index is 731. The molecule has 100 valence electrons. The summed E-state index contributed by atoms with van der Waals surface area (Å²) in [6.07, 6.45) is 9.70. The first-order chi connectivity index (χ1) is 9.88. The quantitative estimate of drug-likeness (QED) is 0.632. The van der Waals surface area contributed by atoms with Gasteiger partial charge in [0.05, 0.1) is 0 Å². The van der Waals surface area contributed by atoms with Crippen molar-refractivity contribution in [3.8, 4) is 0 Å². The van der Waals surface area contributed by atoms with Crippen LogP contribution in [0.2, 0.25) is 0 Å². The number of fused-ring (bicyclic) bond motifs is 4. The molecule has 0 nitrogen and oxygen atoms in total. The van der Waals surface area contributed by atoms with Crippen LogP contribution in [0, 0.1) is 5.92 Å². The summed E-state index contributed by atoms with van der Waals surface area (Å²) >= 11 is 0. The Balaban J connectivity index is 1.96. The van der Waals surface area contributed by atoms with E-state index < -0.39 is 0 Å². The number of rotatable bonds is 1. The molecular formula is C20H20. The van der Waals surface area contributed by atoms with Crippen molar-refractivity contribution < 1.29 is 0 Å². The molecule has 0 heterocycles. The average molecular weight is 260 g/mol. The van der Waals surface area contributed by atoms with Crippen molar-refractivity contribution in [2.24, 2.45) is 5.92 Å². The van der Waals surface area contributed by atoms with Crippen molar-refractivity contribution in [1.82, 2.24) is 0 Å². The SMILES string of the molecule is CCC1CC=CC2=C1CCc1c2ccc2ccccc12. The fourth-order valence-electron chi connectivity index (χ4n) is 3.95. The zero-order valence-corrected chi connectivity index (χ0v) is 12.0. The molecule has 0 heteroatoms. The van der Waals surface area contributed by atoms with Gasteiger partial charge in [0.2, 0.25) is 0 Å². The second-order valence-electron chi connectivity index (χ2n) is 5.99. The second-order valence-corrected chi connectivity index (χ2v) is 5.99. The third-order valence-electron chi connectivity index (χ3n) is 5.01. The van der Waals surface area contributed by atoms with Gasteiger partial charge in [0.25, 0.3) is 0 Å². The molecule has 0 bridgehead atoms. The van der Waals surface area contributed by atoms with Crippen LogP contribution >= 0.6 is 0 Å². The van der Waals surface area contributed by atoms with E-state index in [9.17, 15) is 0 Å². The van der Waals surface area contributed by atoms with Crippen molar-refractivity contribution in [1.29, 1.82) is 0 Å². The van der Waals surface area contributed by atoms with Gasteiger partial charge in [0.1, 0.15) is 0 Å². The van der Waals surface area contributed by atoms with E-state index in [4.69, 9.17) is 0 Å². The summed E-state index contributed by atoms with van der Waals surface area (Å²) in [5, 5.41) is 2.82. The van der Waals surface area contributed by atoms with Crippen LogP contribution in [0.3, 0.4) is 0 Å². The molecule has 0 radical (unpaired) electrons. The molecular weight excluding hydrogens is 240 g/mol. The predicted molar refractivity (Wildman–Crippen MR) is 86.7 cm³/mol. The Labute approximate surface area is 120 Å². The predicted octanol–water partition coefficient (Wildman–Crippen LogP) is 5.53. The molecule has 0 saturated heterocycles. The number of hydrogen-bond acceptors (Lipinski definition) is 0. The summed E-state index contributed by atoms with van der Waals surface area (Å²) in [7, 11) is 0. The second kappa shape index (κ2) is 4.63. The van der Waals surface area contributed by atoms with Gasteiger partial charge in [-0.15, -0.1) is 0 Å². The Kier molecular flexibility index (Phi) is 2.77. The minimum atomic E-state index is 0.773. The fraction of sp³-hybridized carbons (Fsp3) is 0.300. The molecule has 0 aromatic heterocycles.